The van der Waals surface area contributed by atoms with Crippen molar-refractivity contribution in [3.63, 3.8) is 0 Å². The number of hydrogen-bond donors (Lipinski definition) is 1. The highest BCUT2D eigenvalue weighted by molar-refractivity contribution is 5.96. The highest BCUT2D eigenvalue weighted by atomic mass is 16.2. The standard InChI is InChI=1S/C13H15NO2/c1-8-7-12(8)13(16)14-11-5-3-10(4-6-11)9(2)15/h3-6,8,12H,7H2,1-2H3,(H,14,16)/t8-,12-/m1/s1. The normalized spacial score (nSPS) is 22.6. The van der Waals surface area contributed by atoms with E-state index in [1.807, 2.05) is 0 Å². The maximum atomic E-state index is 11.6. The van der Waals surface area contributed by atoms with Crippen molar-refractivity contribution in [3.8, 4) is 0 Å². The Morgan fingerprint density at radius 3 is 2.25 bits per heavy atom. The number of carbonyl (C=O) groups is 2. The van der Waals surface area contributed by atoms with Crippen LogP contribution in [0.15, 0.2) is 24.3 Å². The number of carbonyl (C=O) groups excluding carboxylic acids is 2. The van der Waals surface area contributed by atoms with E-state index in [9.17, 15) is 9.59 Å². The van der Waals surface area contributed by atoms with E-state index in [0.29, 0.717) is 11.5 Å². The fourth-order valence-corrected chi connectivity index (χ4v) is 1.71. The zero-order valence-electron chi connectivity index (χ0n) is 9.49. The predicted molar refractivity (Wildman–Crippen MR) is 62.3 cm³/mol. The average molecular weight is 217 g/mol. The minimum atomic E-state index is 0.0358. The zero-order chi connectivity index (χ0) is 11.7. The maximum Gasteiger partial charge on any atom is 0.227 e. The molecule has 1 aromatic rings. The number of rotatable bonds is 3. The van der Waals surface area contributed by atoms with Gasteiger partial charge in [-0.05, 0) is 43.5 Å². The summed E-state index contributed by atoms with van der Waals surface area (Å²) >= 11 is 0. The van der Waals surface area contributed by atoms with Gasteiger partial charge in [0, 0.05) is 17.2 Å². The van der Waals surface area contributed by atoms with Crippen LogP contribution in [-0.2, 0) is 4.79 Å². The number of amides is 1. The smallest absolute Gasteiger partial charge is 0.227 e. The molecule has 0 unspecified atom stereocenters. The van der Waals surface area contributed by atoms with Crippen molar-refractivity contribution in [2.45, 2.75) is 20.3 Å². The van der Waals surface area contributed by atoms with Gasteiger partial charge in [0.15, 0.2) is 5.78 Å². The van der Waals surface area contributed by atoms with Crippen molar-refractivity contribution in [3.05, 3.63) is 29.8 Å². The van der Waals surface area contributed by atoms with Crippen LogP contribution in [0.1, 0.15) is 30.6 Å². The zero-order valence-corrected chi connectivity index (χ0v) is 9.49. The quantitative estimate of drug-likeness (QED) is 0.790. The Labute approximate surface area is 94.9 Å². The third-order valence-electron chi connectivity index (χ3n) is 3.01. The second-order valence-corrected chi connectivity index (χ2v) is 4.44. The first kappa shape index (κ1) is 10.9. The summed E-state index contributed by atoms with van der Waals surface area (Å²) in [6.07, 6.45) is 0.983. The molecule has 0 radical (unpaired) electrons. The molecule has 1 N–H and O–H groups in total. The van der Waals surface area contributed by atoms with Crippen LogP contribution >= 0.6 is 0 Å². The molecular weight excluding hydrogens is 202 g/mol. The summed E-state index contributed by atoms with van der Waals surface area (Å²) in [6, 6.07) is 6.99. The highest BCUT2D eigenvalue weighted by Gasteiger charge is 2.38. The van der Waals surface area contributed by atoms with Gasteiger partial charge in [-0.2, -0.15) is 0 Å². The number of hydrogen-bond acceptors (Lipinski definition) is 2. The van der Waals surface area contributed by atoms with E-state index in [0.717, 1.165) is 12.1 Å². The molecule has 1 amide bonds. The fourth-order valence-electron chi connectivity index (χ4n) is 1.71. The average Bonchev–Trinajstić information content (AvgIpc) is 2.96. The molecule has 2 atom stereocenters. The van der Waals surface area contributed by atoms with Crippen molar-refractivity contribution < 1.29 is 9.59 Å². The second-order valence-electron chi connectivity index (χ2n) is 4.44. The highest BCUT2D eigenvalue weighted by Crippen LogP contribution is 2.38. The molecular formula is C13H15NO2. The van der Waals surface area contributed by atoms with Gasteiger partial charge in [0.25, 0.3) is 0 Å². The molecule has 0 bridgehead atoms. The van der Waals surface area contributed by atoms with Crippen molar-refractivity contribution in [1.29, 1.82) is 0 Å². The van der Waals surface area contributed by atoms with Gasteiger partial charge in [0.05, 0.1) is 0 Å². The Morgan fingerprint density at radius 1 is 1.25 bits per heavy atom. The molecule has 1 aliphatic rings. The Balaban J connectivity index is 2.00. The van der Waals surface area contributed by atoms with E-state index in [2.05, 4.69) is 12.2 Å². The molecule has 1 aromatic carbocycles. The van der Waals surface area contributed by atoms with Crippen LogP contribution in [0.2, 0.25) is 0 Å². The van der Waals surface area contributed by atoms with Crippen LogP contribution in [-0.4, -0.2) is 11.7 Å². The van der Waals surface area contributed by atoms with E-state index in [-0.39, 0.29) is 17.6 Å². The van der Waals surface area contributed by atoms with Gasteiger partial charge in [-0.1, -0.05) is 6.92 Å². The van der Waals surface area contributed by atoms with E-state index in [4.69, 9.17) is 0 Å². The predicted octanol–water partition coefficient (Wildman–Crippen LogP) is 2.48. The van der Waals surface area contributed by atoms with Crippen LogP contribution in [0.3, 0.4) is 0 Å². The van der Waals surface area contributed by atoms with Crippen molar-refractivity contribution in [2.24, 2.45) is 11.8 Å². The monoisotopic (exact) mass is 217 g/mol. The largest absolute Gasteiger partial charge is 0.326 e. The van der Waals surface area contributed by atoms with Crippen LogP contribution in [0.25, 0.3) is 0 Å². The summed E-state index contributed by atoms with van der Waals surface area (Å²) in [5.74, 6) is 0.806. The number of ketones is 1. The summed E-state index contributed by atoms with van der Waals surface area (Å²) in [5, 5.41) is 2.85. The summed E-state index contributed by atoms with van der Waals surface area (Å²) in [5.41, 5.74) is 1.42. The summed E-state index contributed by atoms with van der Waals surface area (Å²) in [6.45, 7) is 3.60. The fraction of sp³-hybridized carbons (Fsp3) is 0.385. The molecule has 0 saturated heterocycles. The SMILES string of the molecule is CC(=O)c1ccc(NC(=O)[C@@H]2C[C@H]2C)cc1. The van der Waals surface area contributed by atoms with Crippen molar-refractivity contribution in [1.82, 2.24) is 0 Å². The minimum absolute atomic E-state index is 0.0358. The summed E-state index contributed by atoms with van der Waals surface area (Å²) < 4.78 is 0. The molecule has 3 heteroatoms. The first-order valence-electron chi connectivity index (χ1n) is 5.50. The van der Waals surface area contributed by atoms with Gasteiger partial charge in [0.1, 0.15) is 0 Å². The molecule has 0 aliphatic heterocycles. The molecule has 0 heterocycles. The van der Waals surface area contributed by atoms with Gasteiger partial charge in [-0.3, -0.25) is 9.59 Å². The first-order valence-corrected chi connectivity index (χ1v) is 5.50. The van der Waals surface area contributed by atoms with Gasteiger partial charge >= 0.3 is 0 Å². The van der Waals surface area contributed by atoms with Crippen LogP contribution in [0, 0.1) is 11.8 Å². The van der Waals surface area contributed by atoms with Crippen molar-refractivity contribution in [2.75, 3.05) is 5.32 Å². The van der Waals surface area contributed by atoms with Gasteiger partial charge in [-0.15, -0.1) is 0 Å². The third kappa shape index (κ3) is 2.30. The second kappa shape index (κ2) is 4.08. The molecule has 1 fully saturated rings. The Kier molecular flexibility index (Phi) is 2.77. The van der Waals surface area contributed by atoms with Gasteiger partial charge in [-0.25, -0.2) is 0 Å². The lowest BCUT2D eigenvalue weighted by Crippen LogP contribution is -2.14. The molecule has 84 valence electrons. The van der Waals surface area contributed by atoms with Crippen LogP contribution in [0.4, 0.5) is 5.69 Å². The van der Waals surface area contributed by atoms with Crippen LogP contribution < -0.4 is 5.32 Å². The van der Waals surface area contributed by atoms with Crippen molar-refractivity contribution >= 4 is 17.4 Å². The van der Waals surface area contributed by atoms with E-state index < -0.39 is 0 Å². The lowest BCUT2D eigenvalue weighted by atomic mass is 10.1. The number of Topliss-reactive ketones (excluding diaryl/α,β-unsaturated/α-hetero) is 1. The van der Waals surface area contributed by atoms with E-state index >= 15 is 0 Å². The number of anilines is 1. The van der Waals surface area contributed by atoms with Crippen LogP contribution in [0.5, 0.6) is 0 Å². The molecule has 16 heavy (non-hydrogen) atoms. The Morgan fingerprint density at radius 2 is 1.81 bits per heavy atom. The lowest BCUT2D eigenvalue weighted by Gasteiger charge is -2.04. The van der Waals surface area contributed by atoms with Gasteiger partial charge < -0.3 is 5.32 Å². The lowest BCUT2D eigenvalue weighted by molar-refractivity contribution is -0.117. The first-order chi connectivity index (χ1) is 7.58. The van der Waals surface area contributed by atoms with E-state index in [1.54, 1.807) is 24.3 Å². The molecule has 2 rings (SSSR count). The molecule has 3 nitrogen and oxygen atoms in total. The summed E-state index contributed by atoms with van der Waals surface area (Å²) in [7, 11) is 0. The molecule has 1 aliphatic carbocycles. The van der Waals surface area contributed by atoms with E-state index in [1.165, 1.54) is 6.92 Å². The molecule has 0 spiro atoms. The Bertz CT molecular complexity index is 422. The maximum absolute atomic E-state index is 11.6. The van der Waals surface area contributed by atoms with Gasteiger partial charge in [0.2, 0.25) is 5.91 Å². The summed E-state index contributed by atoms with van der Waals surface area (Å²) in [4.78, 5) is 22.7. The number of nitrogens with one attached hydrogen (secondary N) is 1. The Hall–Kier alpha value is -1.64. The number of benzene rings is 1. The topological polar surface area (TPSA) is 46.2 Å². The molecule has 0 aromatic heterocycles. The molecule has 1 saturated carbocycles. The minimum Gasteiger partial charge on any atom is -0.326 e. The third-order valence-corrected chi connectivity index (χ3v) is 3.01.